The van der Waals surface area contributed by atoms with Gasteiger partial charge in [0.05, 0.1) is 13.7 Å². The molecule has 0 aliphatic heterocycles. The summed E-state index contributed by atoms with van der Waals surface area (Å²) < 4.78 is 4.58. The summed E-state index contributed by atoms with van der Waals surface area (Å²) in [6.45, 7) is 1.43. The van der Waals surface area contributed by atoms with E-state index < -0.39 is 0 Å². The maximum atomic E-state index is 11.1. The number of aliphatic hydroxyl groups is 1. The molecule has 1 aromatic heterocycles. The molecule has 0 aromatic carbocycles. The Hall–Kier alpha value is -1.33. The molecule has 5 nitrogen and oxygen atoms in total. The fourth-order valence-electron chi connectivity index (χ4n) is 1.32. The highest BCUT2D eigenvalue weighted by Gasteiger charge is 2.08. The molecule has 0 aliphatic carbocycles. The molecule has 0 aliphatic rings. The number of likely N-dealkylation sites (N-methyl/N-ethyl adjacent to an activating group) is 1. The topological polar surface area (TPSA) is 65.6 Å². The number of hydrogen-bond acceptors (Lipinski definition) is 4. The van der Waals surface area contributed by atoms with Gasteiger partial charge in [0.1, 0.15) is 5.69 Å². The Morgan fingerprint density at radius 2 is 2.40 bits per heavy atom. The van der Waals surface area contributed by atoms with Crippen LogP contribution >= 0.6 is 0 Å². The lowest BCUT2D eigenvalue weighted by Gasteiger charge is -2.13. The Bertz CT molecular complexity index is 322. The predicted molar refractivity (Wildman–Crippen MR) is 55.6 cm³/mol. The molecular formula is C10H16N2O3. The minimum absolute atomic E-state index is 0.130. The van der Waals surface area contributed by atoms with Crippen molar-refractivity contribution in [1.29, 1.82) is 0 Å². The maximum absolute atomic E-state index is 11.1. The molecule has 0 amide bonds. The summed E-state index contributed by atoms with van der Waals surface area (Å²) in [6, 6.07) is 1.75. The van der Waals surface area contributed by atoms with Gasteiger partial charge >= 0.3 is 5.97 Å². The minimum Gasteiger partial charge on any atom is -0.464 e. The maximum Gasteiger partial charge on any atom is 0.354 e. The van der Waals surface area contributed by atoms with Crippen LogP contribution in [0.1, 0.15) is 16.1 Å². The van der Waals surface area contributed by atoms with Crippen LogP contribution in [0.3, 0.4) is 0 Å². The number of carbonyl (C=O) groups excluding carboxylic acids is 1. The van der Waals surface area contributed by atoms with E-state index in [9.17, 15) is 4.79 Å². The highest BCUT2D eigenvalue weighted by Crippen LogP contribution is 2.06. The fourth-order valence-corrected chi connectivity index (χ4v) is 1.32. The first kappa shape index (κ1) is 11.7. The minimum atomic E-state index is -0.369. The normalized spacial score (nSPS) is 10.7. The van der Waals surface area contributed by atoms with E-state index in [4.69, 9.17) is 5.11 Å². The summed E-state index contributed by atoms with van der Waals surface area (Å²) >= 11 is 0. The molecule has 1 heterocycles. The Kier molecular flexibility index (Phi) is 4.33. The molecule has 1 rings (SSSR count). The number of H-pyrrole nitrogens is 1. The van der Waals surface area contributed by atoms with Crippen molar-refractivity contribution >= 4 is 5.97 Å². The van der Waals surface area contributed by atoms with Crippen molar-refractivity contribution in [2.75, 3.05) is 27.3 Å². The lowest BCUT2D eigenvalue weighted by atomic mass is 10.3. The lowest BCUT2D eigenvalue weighted by Crippen LogP contribution is -2.21. The van der Waals surface area contributed by atoms with Gasteiger partial charge in [-0.3, -0.25) is 4.90 Å². The molecule has 2 N–H and O–H groups in total. The third-order valence-electron chi connectivity index (χ3n) is 2.08. The second-order valence-electron chi connectivity index (χ2n) is 3.37. The van der Waals surface area contributed by atoms with Gasteiger partial charge in [0.15, 0.2) is 0 Å². The number of rotatable bonds is 5. The molecule has 0 saturated heterocycles. The second-order valence-corrected chi connectivity index (χ2v) is 3.37. The fraction of sp³-hybridized carbons (Fsp3) is 0.500. The average molecular weight is 212 g/mol. The molecule has 0 atom stereocenters. The number of methoxy groups -OCH3 is 1. The van der Waals surface area contributed by atoms with E-state index in [1.807, 2.05) is 11.9 Å². The van der Waals surface area contributed by atoms with E-state index >= 15 is 0 Å². The van der Waals surface area contributed by atoms with Crippen molar-refractivity contribution in [2.45, 2.75) is 6.54 Å². The second kappa shape index (κ2) is 5.53. The van der Waals surface area contributed by atoms with Crippen molar-refractivity contribution in [3.8, 4) is 0 Å². The van der Waals surface area contributed by atoms with Gasteiger partial charge in [-0.1, -0.05) is 0 Å². The standard InChI is InChI=1S/C10H16N2O3/c1-12(3-4-13)7-8-5-9(11-6-8)10(14)15-2/h5-6,11,13H,3-4,7H2,1-2H3. The van der Waals surface area contributed by atoms with E-state index in [1.165, 1.54) is 7.11 Å². The molecule has 0 radical (unpaired) electrons. The first-order chi connectivity index (χ1) is 7.17. The third kappa shape index (κ3) is 3.38. The highest BCUT2D eigenvalue weighted by molar-refractivity contribution is 5.87. The predicted octanol–water partition coefficient (Wildman–Crippen LogP) is 0.225. The van der Waals surface area contributed by atoms with Crippen LogP contribution in [0.4, 0.5) is 0 Å². The molecule has 0 saturated carbocycles. The Morgan fingerprint density at radius 1 is 1.67 bits per heavy atom. The van der Waals surface area contributed by atoms with Crippen molar-refractivity contribution in [2.24, 2.45) is 0 Å². The molecule has 5 heteroatoms. The molecule has 0 unspecified atom stereocenters. The first-order valence-electron chi connectivity index (χ1n) is 4.72. The summed E-state index contributed by atoms with van der Waals surface area (Å²) in [5.74, 6) is -0.369. The van der Waals surface area contributed by atoms with Crippen LogP contribution < -0.4 is 0 Å². The van der Waals surface area contributed by atoms with Crippen LogP contribution in [-0.2, 0) is 11.3 Å². The first-order valence-corrected chi connectivity index (χ1v) is 4.72. The van der Waals surface area contributed by atoms with E-state index in [1.54, 1.807) is 12.3 Å². The SMILES string of the molecule is COC(=O)c1cc(CN(C)CCO)c[nH]1. The summed E-state index contributed by atoms with van der Waals surface area (Å²) in [6.07, 6.45) is 1.76. The van der Waals surface area contributed by atoms with E-state index in [2.05, 4.69) is 9.72 Å². The Balaban J connectivity index is 2.56. The van der Waals surface area contributed by atoms with Gasteiger partial charge in [-0.2, -0.15) is 0 Å². The molecule has 15 heavy (non-hydrogen) atoms. The van der Waals surface area contributed by atoms with Crippen molar-refractivity contribution in [3.63, 3.8) is 0 Å². The number of carbonyl (C=O) groups is 1. The number of esters is 1. The molecule has 84 valence electrons. The van der Waals surface area contributed by atoms with Crippen LogP contribution in [0.2, 0.25) is 0 Å². The van der Waals surface area contributed by atoms with Crippen LogP contribution in [0, 0.1) is 0 Å². The Morgan fingerprint density at radius 3 is 3.00 bits per heavy atom. The zero-order valence-electron chi connectivity index (χ0n) is 8.99. The number of aromatic nitrogens is 1. The number of hydrogen-bond donors (Lipinski definition) is 2. The number of aromatic amines is 1. The summed E-state index contributed by atoms with van der Waals surface area (Å²) in [7, 11) is 3.25. The number of nitrogens with one attached hydrogen (secondary N) is 1. The quantitative estimate of drug-likeness (QED) is 0.685. The van der Waals surface area contributed by atoms with Gasteiger partial charge in [0.25, 0.3) is 0 Å². The lowest BCUT2D eigenvalue weighted by molar-refractivity contribution is 0.0594. The molecule has 0 fully saturated rings. The zero-order valence-corrected chi connectivity index (χ0v) is 8.99. The smallest absolute Gasteiger partial charge is 0.354 e. The van der Waals surface area contributed by atoms with E-state index in [0.717, 1.165) is 5.56 Å². The van der Waals surface area contributed by atoms with E-state index in [-0.39, 0.29) is 12.6 Å². The monoisotopic (exact) mass is 212 g/mol. The third-order valence-corrected chi connectivity index (χ3v) is 2.08. The number of ether oxygens (including phenoxy) is 1. The molecular weight excluding hydrogens is 196 g/mol. The number of nitrogens with zero attached hydrogens (tertiary/aromatic N) is 1. The van der Waals surface area contributed by atoms with Gasteiger partial charge < -0.3 is 14.8 Å². The van der Waals surface area contributed by atoms with Gasteiger partial charge in [0, 0.05) is 19.3 Å². The van der Waals surface area contributed by atoms with Crippen LogP contribution in [0.15, 0.2) is 12.3 Å². The van der Waals surface area contributed by atoms with Crippen molar-refractivity contribution < 1.29 is 14.6 Å². The van der Waals surface area contributed by atoms with Crippen LogP contribution in [0.5, 0.6) is 0 Å². The average Bonchev–Trinajstić information content (AvgIpc) is 2.65. The molecule has 1 aromatic rings. The summed E-state index contributed by atoms with van der Waals surface area (Å²) in [5.41, 5.74) is 1.44. The van der Waals surface area contributed by atoms with Crippen LogP contribution in [-0.4, -0.2) is 48.3 Å². The van der Waals surface area contributed by atoms with Gasteiger partial charge in [-0.25, -0.2) is 4.79 Å². The Labute approximate surface area is 88.7 Å². The highest BCUT2D eigenvalue weighted by atomic mass is 16.5. The molecule has 0 bridgehead atoms. The van der Waals surface area contributed by atoms with Crippen molar-refractivity contribution in [1.82, 2.24) is 9.88 Å². The van der Waals surface area contributed by atoms with E-state index in [0.29, 0.717) is 18.8 Å². The molecule has 0 spiro atoms. The summed E-state index contributed by atoms with van der Waals surface area (Å²) in [5, 5.41) is 8.72. The van der Waals surface area contributed by atoms with Crippen LogP contribution in [0.25, 0.3) is 0 Å². The van der Waals surface area contributed by atoms with Gasteiger partial charge in [-0.15, -0.1) is 0 Å². The van der Waals surface area contributed by atoms with Gasteiger partial charge in [-0.05, 0) is 18.7 Å². The van der Waals surface area contributed by atoms with Crippen molar-refractivity contribution in [3.05, 3.63) is 23.5 Å². The zero-order chi connectivity index (χ0) is 11.3. The number of aliphatic hydroxyl groups excluding tert-OH is 1. The van der Waals surface area contributed by atoms with Gasteiger partial charge in [0.2, 0.25) is 0 Å². The summed E-state index contributed by atoms with van der Waals surface area (Å²) in [4.78, 5) is 15.9. The largest absolute Gasteiger partial charge is 0.464 e.